The fraction of sp³-hybridized carbons (Fsp3) is 0.105. The number of barbiturate groups is 1. The topological polar surface area (TPSA) is 84.9 Å². The largest absolute Gasteiger partial charge is 0.497 e. The van der Waals surface area contributed by atoms with Gasteiger partial charge in [-0.25, -0.2) is 9.69 Å². The van der Waals surface area contributed by atoms with E-state index in [0.717, 1.165) is 4.90 Å². The first-order valence-corrected chi connectivity index (χ1v) is 7.73. The van der Waals surface area contributed by atoms with Gasteiger partial charge in [0.15, 0.2) is 0 Å². The molecule has 0 spiro atoms. The van der Waals surface area contributed by atoms with Crippen LogP contribution in [0.5, 0.6) is 11.5 Å². The highest BCUT2D eigenvalue weighted by Gasteiger charge is 2.36. The molecule has 1 aliphatic heterocycles. The van der Waals surface area contributed by atoms with E-state index in [-0.39, 0.29) is 5.57 Å². The average molecular weight is 352 g/mol. The maximum absolute atomic E-state index is 12.8. The Kier molecular flexibility index (Phi) is 4.70. The molecule has 7 heteroatoms. The number of nitrogens with one attached hydrogen (secondary N) is 1. The number of anilines is 1. The van der Waals surface area contributed by atoms with E-state index in [2.05, 4.69) is 5.32 Å². The number of hydrogen-bond donors (Lipinski definition) is 1. The number of nitrogens with zero attached hydrogens (tertiary/aromatic N) is 1. The van der Waals surface area contributed by atoms with E-state index < -0.39 is 17.8 Å². The minimum Gasteiger partial charge on any atom is -0.497 e. The Labute approximate surface area is 149 Å². The lowest BCUT2D eigenvalue weighted by atomic mass is 10.1. The number of rotatable bonds is 4. The van der Waals surface area contributed by atoms with Gasteiger partial charge in [-0.1, -0.05) is 12.1 Å². The average Bonchev–Trinajstić information content (AvgIpc) is 2.65. The monoisotopic (exact) mass is 352 g/mol. The summed E-state index contributed by atoms with van der Waals surface area (Å²) in [5.41, 5.74) is 0.790. The molecule has 26 heavy (non-hydrogen) atoms. The molecule has 7 nitrogen and oxygen atoms in total. The van der Waals surface area contributed by atoms with Gasteiger partial charge in [-0.2, -0.15) is 0 Å². The summed E-state index contributed by atoms with van der Waals surface area (Å²) in [5, 5.41) is 2.18. The molecule has 0 bridgehead atoms. The predicted octanol–water partition coefficient (Wildman–Crippen LogP) is 2.37. The van der Waals surface area contributed by atoms with Crippen molar-refractivity contribution in [2.75, 3.05) is 19.1 Å². The summed E-state index contributed by atoms with van der Waals surface area (Å²) in [6.07, 6.45) is 1.42. The molecule has 1 aliphatic rings. The second-order valence-corrected chi connectivity index (χ2v) is 5.43. The van der Waals surface area contributed by atoms with Crippen molar-refractivity contribution in [3.8, 4) is 11.5 Å². The van der Waals surface area contributed by atoms with E-state index in [1.807, 2.05) is 0 Å². The zero-order valence-corrected chi connectivity index (χ0v) is 14.2. The lowest BCUT2D eigenvalue weighted by Gasteiger charge is -2.26. The minimum absolute atomic E-state index is 0.145. The second kappa shape index (κ2) is 7.10. The molecular weight excluding hydrogens is 336 g/mol. The van der Waals surface area contributed by atoms with Crippen LogP contribution in [-0.4, -0.2) is 32.1 Å². The van der Waals surface area contributed by atoms with Gasteiger partial charge < -0.3 is 9.47 Å². The molecule has 3 rings (SSSR count). The van der Waals surface area contributed by atoms with E-state index in [1.54, 1.807) is 48.5 Å². The third-order valence-electron chi connectivity index (χ3n) is 3.84. The van der Waals surface area contributed by atoms with Crippen molar-refractivity contribution < 1.29 is 23.9 Å². The number of benzene rings is 2. The molecule has 2 aromatic rings. The zero-order chi connectivity index (χ0) is 18.7. The molecule has 0 radical (unpaired) electrons. The Hall–Kier alpha value is -3.61. The van der Waals surface area contributed by atoms with Crippen LogP contribution in [0.2, 0.25) is 0 Å². The number of amides is 4. The number of urea groups is 1. The van der Waals surface area contributed by atoms with Crippen molar-refractivity contribution in [3.05, 3.63) is 59.7 Å². The molecule has 1 fully saturated rings. The highest BCUT2D eigenvalue weighted by atomic mass is 16.5. The maximum Gasteiger partial charge on any atom is 0.335 e. The van der Waals surface area contributed by atoms with Crippen LogP contribution in [-0.2, 0) is 9.59 Å². The lowest BCUT2D eigenvalue weighted by molar-refractivity contribution is -0.122. The zero-order valence-electron chi connectivity index (χ0n) is 14.2. The van der Waals surface area contributed by atoms with Gasteiger partial charge in [-0.15, -0.1) is 0 Å². The Morgan fingerprint density at radius 2 is 1.62 bits per heavy atom. The van der Waals surface area contributed by atoms with Gasteiger partial charge in [0.05, 0.1) is 19.9 Å². The first-order valence-electron chi connectivity index (χ1n) is 7.73. The first kappa shape index (κ1) is 17.2. The Bertz CT molecular complexity index is 902. The van der Waals surface area contributed by atoms with Crippen LogP contribution in [0.1, 0.15) is 5.56 Å². The quantitative estimate of drug-likeness (QED) is 0.674. The highest BCUT2D eigenvalue weighted by molar-refractivity contribution is 6.39. The van der Waals surface area contributed by atoms with Crippen LogP contribution in [0.25, 0.3) is 6.08 Å². The molecule has 0 aromatic heterocycles. The van der Waals surface area contributed by atoms with Gasteiger partial charge >= 0.3 is 6.03 Å². The standard InChI is InChI=1S/C19H16N2O5/c1-25-14-8-6-13(7-9-14)21-18(23)16(17(22)20-19(21)24)11-12-4-3-5-15(10-12)26-2/h3-11H,1-2H3,(H,20,22,24)/b16-11+. The van der Waals surface area contributed by atoms with Crippen LogP contribution in [0.3, 0.4) is 0 Å². The summed E-state index contributed by atoms with van der Waals surface area (Å²) in [6.45, 7) is 0. The molecule has 0 aliphatic carbocycles. The van der Waals surface area contributed by atoms with Crippen molar-refractivity contribution in [1.82, 2.24) is 5.32 Å². The SMILES string of the molecule is COc1ccc(N2C(=O)NC(=O)/C(=C\c3cccc(OC)c3)C2=O)cc1. The molecule has 1 heterocycles. The van der Waals surface area contributed by atoms with Crippen LogP contribution in [0, 0.1) is 0 Å². The normalized spacial score (nSPS) is 15.8. The van der Waals surface area contributed by atoms with Gasteiger partial charge in [0.25, 0.3) is 11.8 Å². The minimum atomic E-state index is -0.798. The summed E-state index contributed by atoms with van der Waals surface area (Å²) >= 11 is 0. The molecule has 1 saturated heterocycles. The van der Waals surface area contributed by atoms with Crippen molar-refractivity contribution >= 4 is 29.6 Å². The van der Waals surface area contributed by atoms with Gasteiger partial charge in [0.2, 0.25) is 0 Å². The number of carbonyl (C=O) groups is 3. The summed E-state index contributed by atoms with van der Waals surface area (Å²) in [4.78, 5) is 38.0. The maximum atomic E-state index is 12.8. The molecular formula is C19H16N2O5. The Morgan fingerprint density at radius 1 is 0.923 bits per heavy atom. The fourth-order valence-corrected chi connectivity index (χ4v) is 2.52. The summed E-state index contributed by atoms with van der Waals surface area (Å²) < 4.78 is 10.2. The van der Waals surface area contributed by atoms with Crippen LogP contribution in [0.4, 0.5) is 10.5 Å². The molecule has 132 valence electrons. The van der Waals surface area contributed by atoms with Gasteiger partial charge in [0, 0.05) is 0 Å². The smallest absolute Gasteiger partial charge is 0.335 e. The second-order valence-electron chi connectivity index (χ2n) is 5.43. The van der Waals surface area contributed by atoms with E-state index in [1.165, 1.54) is 20.3 Å². The molecule has 0 atom stereocenters. The molecule has 0 unspecified atom stereocenters. The summed E-state index contributed by atoms with van der Waals surface area (Å²) in [6, 6.07) is 12.5. The number of imide groups is 2. The molecule has 4 amide bonds. The fourth-order valence-electron chi connectivity index (χ4n) is 2.52. The van der Waals surface area contributed by atoms with E-state index in [9.17, 15) is 14.4 Å². The summed E-state index contributed by atoms with van der Waals surface area (Å²) in [7, 11) is 3.04. The molecule has 1 N–H and O–H groups in total. The third kappa shape index (κ3) is 3.27. The van der Waals surface area contributed by atoms with E-state index >= 15 is 0 Å². The van der Waals surface area contributed by atoms with Crippen molar-refractivity contribution in [3.63, 3.8) is 0 Å². The highest BCUT2D eigenvalue weighted by Crippen LogP contribution is 2.24. The Balaban J connectivity index is 1.98. The van der Waals surface area contributed by atoms with Gasteiger partial charge in [0.1, 0.15) is 17.1 Å². The number of methoxy groups -OCH3 is 2. The van der Waals surface area contributed by atoms with Crippen molar-refractivity contribution in [2.24, 2.45) is 0 Å². The van der Waals surface area contributed by atoms with E-state index in [4.69, 9.17) is 9.47 Å². The number of carbonyl (C=O) groups excluding carboxylic acids is 3. The third-order valence-corrected chi connectivity index (χ3v) is 3.84. The Morgan fingerprint density at radius 3 is 2.27 bits per heavy atom. The van der Waals surface area contributed by atoms with Gasteiger partial charge in [-0.05, 0) is 48.0 Å². The number of hydrogen-bond acceptors (Lipinski definition) is 5. The van der Waals surface area contributed by atoms with E-state index in [0.29, 0.717) is 22.7 Å². The lowest BCUT2D eigenvalue weighted by Crippen LogP contribution is -2.54. The van der Waals surface area contributed by atoms with Crippen molar-refractivity contribution in [1.29, 1.82) is 0 Å². The molecule has 2 aromatic carbocycles. The van der Waals surface area contributed by atoms with Crippen LogP contribution >= 0.6 is 0 Å². The van der Waals surface area contributed by atoms with Crippen LogP contribution in [0.15, 0.2) is 54.1 Å². The van der Waals surface area contributed by atoms with Crippen LogP contribution < -0.4 is 19.7 Å². The molecule has 0 saturated carbocycles. The predicted molar refractivity (Wildman–Crippen MR) is 95.0 cm³/mol. The van der Waals surface area contributed by atoms with Gasteiger partial charge in [-0.3, -0.25) is 14.9 Å². The summed E-state index contributed by atoms with van der Waals surface area (Å²) in [5.74, 6) is -0.271. The first-order chi connectivity index (χ1) is 12.5. The van der Waals surface area contributed by atoms with Crippen molar-refractivity contribution in [2.45, 2.75) is 0 Å². The number of ether oxygens (including phenoxy) is 2.